The van der Waals surface area contributed by atoms with Crippen molar-refractivity contribution in [3.8, 4) is 16.9 Å². The number of hydrogen-bond donors (Lipinski definition) is 2. The van der Waals surface area contributed by atoms with Gasteiger partial charge in [0, 0.05) is 30.6 Å². The number of anilines is 2. The Labute approximate surface area is 141 Å². The molecule has 2 aromatic heterocycles. The molecule has 0 aliphatic rings. The molecule has 0 bridgehead atoms. The quantitative estimate of drug-likeness (QED) is 0.745. The molecule has 0 saturated carbocycles. The van der Waals surface area contributed by atoms with E-state index >= 15 is 0 Å². The van der Waals surface area contributed by atoms with Crippen LogP contribution in [0.3, 0.4) is 0 Å². The third-order valence-corrected chi connectivity index (χ3v) is 3.81. The largest absolute Gasteiger partial charge is 0.482 e. The van der Waals surface area contributed by atoms with E-state index in [0.717, 1.165) is 22.5 Å². The van der Waals surface area contributed by atoms with Crippen molar-refractivity contribution in [3.05, 3.63) is 66.5 Å². The van der Waals surface area contributed by atoms with Crippen LogP contribution in [-0.4, -0.2) is 17.0 Å². The van der Waals surface area contributed by atoms with Crippen LogP contribution in [0.5, 0.6) is 5.75 Å². The van der Waals surface area contributed by atoms with Crippen molar-refractivity contribution in [1.82, 2.24) is 9.97 Å². The molecule has 1 aromatic carbocycles. The van der Waals surface area contributed by atoms with Crippen LogP contribution in [0.25, 0.3) is 11.1 Å². The monoisotopic (exact) mass is 320 g/mol. The lowest BCUT2D eigenvalue weighted by atomic mass is 10.1. The number of benzene rings is 1. The van der Waals surface area contributed by atoms with Crippen LogP contribution in [0.4, 0.5) is 11.6 Å². The summed E-state index contributed by atoms with van der Waals surface area (Å²) in [6, 6.07) is 15.8. The second-order valence-corrected chi connectivity index (χ2v) is 5.46. The van der Waals surface area contributed by atoms with Crippen LogP contribution in [0.1, 0.15) is 18.6 Å². The van der Waals surface area contributed by atoms with Crippen LogP contribution in [-0.2, 0) is 0 Å². The zero-order chi connectivity index (χ0) is 16.9. The molecule has 0 amide bonds. The van der Waals surface area contributed by atoms with Gasteiger partial charge >= 0.3 is 0 Å². The molecule has 5 heteroatoms. The molecular formula is C19H20N4O. The Balaban J connectivity index is 1.85. The van der Waals surface area contributed by atoms with E-state index in [9.17, 15) is 0 Å². The summed E-state index contributed by atoms with van der Waals surface area (Å²) in [6.45, 7) is 1.99. The van der Waals surface area contributed by atoms with Gasteiger partial charge in [-0.15, -0.1) is 0 Å². The Morgan fingerprint density at radius 3 is 2.42 bits per heavy atom. The number of ether oxygens (including phenoxy) is 1. The number of nitrogens with one attached hydrogen (secondary N) is 1. The van der Waals surface area contributed by atoms with E-state index in [0.29, 0.717) is 11.6 Å². The van der Waals surface area contributed by atoms with E-state index in [1.807, 2.05) is 62.5 Å². The minimum absolute atomic E-state index is 0.115. The summed E-state index contributed by atoms with van der Waals surface area (Å²) in [5.41, 5.74) is 8.93. The minimum Gasteiger partial charge on any atom is -0.482 e. The van der Waals surface area contributed by atoms with Crippen molar-refractivity contribution in [2.24, 2.45) is 0 Å². The minimum atomic E-state index is -0.115. The molecule has 0 saturated heterocycles. The average Bonchev–Trinajstić information content (AvgIpc) is 2.64. The first kappa shape index (κ1) is 15.8. The van der Waals surface area contributed by atoms with Crippen LogP contribution in [0.15, 0.2) is 60.9 Å². The number of aromatic nitrogens is 2. The maximum Gasteiger partial charge on any atom is 0.166 e. The Morgan fingerprint density at radius 2 is 1.75 bits per heavy atom. The van der Waals surface area contributed by atoms with Crippen LogP contribution in [0.2, 0.25) is 0 Å². The molecule has 2 heterocycles. The summed E-state index contributed by atoms with van der Waals surface area (Å²) in [5, 5.41) is 3.00. The average molecular weight is 320 g/mol. The third-order valence-electron chi connectivity index (χ3n) is 3.81. The number of rotatable bonds is 5. The fourth-order valence-corrected chi connectivity index (χ4v) is 2.40. The van der Waals surface area contributed by atoms with E-state index in [2.05, 4.69) is 15.3 Å². The lowest BCUT2D eigenvalue weighted by Gasteiger charge is -2.17. The van der Waals surface area contributed by atoms with Gasteiger partial charge in [0.1, 0.15) is 11.9 Å². The van der Waals surface area contributed by atoms with Crippen LogP contribution in [0, 0.1) is 0 Å². The molecule has 5 nitrogen and oxygen atoms in total. The number of nitrogen functional groups attached to an aromatic ring is 1. The van der Waals surface area contributed by atoms with Gasteiger partial charge in [0.2, 0.25) is 0 Å². The molecule has 0 aliphatic carbocycles. The van der Waals surface area contributed by atoms with E-state index in [4.69, 9.17) is 10.5 Å². The zero-order valence-electron chi connectivity index (χ0n) is 13.7. The highest BCUT2D eigenvalue weighted by Crippen LogP contribution is 2.30. The van der Waals surface area contributed by atoms with E-state index in [-0.39, 0.29) is 6.10 Å². The number of nitrogens with zero attached hydrogens (tertiary/aromatic N) is 2. The summed E-state index contributed by atoms with van der Waals surface area (Å²) in [7, 11) is 1.84. The van der Waals surface area contributed by atoms with E-state index < -0.39 is 0 Å². The summed E-state index contributed by atoms with van der Waals surface area (Å²) in [5.74, 6) is 1.76. The normalized spacial score (nSPS) is 11.8. The Kier molecular flexibility index (Phi) is 4.61. The predicted molar refractivity (Wildman–Crippen MR) is 96.9 cm³/mol. The Morgan fingerprint density at radius 1 is 1.00 bits per heavy atom. The second kappa shape index (κ2) is 7.00. The Bertz CT molecular complexity index is 803. The highest BCUT2D eigenvalue weighted by atomic mass is 16.5. The second-order valence-electron chi connectivity index (χ2n) is 5.46. The number of nitrogens with two attached hydrogens (primary N) is 1. The number of pyridine rings is 2. The van der Waals surface area contributed by atoms with Gasteiger partial charge in [-0.1, -0.05) is 30.3 Å². The van der Waals surface area contributed by atoms with Crippen molar-refractivity contribution >= 4 is 11.6 Å². The topological polar surface area (TPSA) is 73.1 Å². The highest BCUT2D eigenvalue weighted by Gasteiger charge is 2.11. The summed E-state index contributed by atoms with van der Waals surface area (Å²) >= 11 is 0. The summed E-state index contributed by atoms with van der Waals surface area (Å²) in [4.78, 5) is 8.58. The van der Waals surface area contributed by atoms with Gasteiger partial charge in [0.25, 0.3) is 0 Å². The molecule has 1 unspecified atom stereocenters. The first-order valence-electron chi connectivity index (χ1n) is 7.78. The van der Waals surface area contributed by atoms with E-state index in [1.54, 1.807) is 12.4 Å². The van der Waals surface area contributed by atoms with Gasteiger partial charge in [0.05, 0.1) is 0 Å². The molecule has 3 N–H and O–H groups in total. The van der Waals surface area contributed by atoms with Gasteiger partial charge < -0.3 is 15.8 Å². The lowest BCUT2D eigenvalue weighted by Crippen LogP contribution is -2.06. The standard InChI is InChI=1S/C19H20N4O/c1-13(14-6-4-3-5-7-14)24-17-10-16(12-23-19(17)20)15-8-9-18(21-2)22-11-15/h3-13H,1-2H3,(H2,20,23)(H,21,22). The molecular weight excluding hydrogens is 300 g/mol. The van der Waals surface area contributed by atoms with Crippen molar-refractivity contribution in [1.29, 1.82) is 0 Å². The molecule has 0 fully saturated rings. The van der Waals surface area contributed by atoms with Crippen LogP contribution >= 0.6 is 0 Å². The smallest absolute Gasteiger partial charge is 0.166 e. The SMILES string of the molecule is CNc1ccc(-c2cnc(N)c(OC(C)c3ccccc3)c2)cn1. The van der Waals surface area contributed by atoms with Gasteiger partial charge in [-0.3, -0.25) is 0 Å². The van der Waals surface area contributed by atoms with Gasteiger partial charge in [-0.2, -0.15) is 0 Å². The Hall–Kier alpha value is -3.08. The molecule has 24 heavy (non-hydrogen) atoms. The first-order chi connectivity index (χ1) is 11.7. The van der Waals surface area contributed by atoms with Crippen molar-refractivity contribution in [2.75, 3.05) is 18.1 Å². The summed E-state index contributed by atoms with van der Waals surface area (Å²) in [6.07, 6.45) is 3.41. The molecule has 122 valence electrons. The van der Waals surface area contributed by atoms with Crippen LogP contribution < -0.4 is 15.8 Å². The zero-order valence-corrected chi connectivity index (χ0v) is 13.7. The van der Waals surface area contributed by atoms with Crippen molar-refractivity contribution in [2.45, 2.75) is 13.0 Å². The first-order valence-corrected chi connectivity index (χ1v) is 7.78. The fraction of sp³-hybridized carbons (Fsp3) is 0.158. The fourth-order valence-electron chi connectivity index (χ4n) is 2.40. The van der Waals surface area contributed by atoms with Gasteiger partial charge in [0.15, 0.2) is 11.6 Å². The molecule has 0 aliphatic heterocycles. The molecule has 0 spiro atoms. The highest BCUT2D eigenvalue weighted by molar-refractivity contribution is 5.67. The maximum atomic E-state index is 6.02. The maximum absolute atomic E-state index is 6.02. The van der Waals surface area contributed by atoms with E-state index in [1.165, 1.54) is 0 Å². The van der Waals surface area contributed by atoms with Crippen molar-refractivity contribution < 1.29 is 4.74 Å². The van der Waals surface area contributed by atoms with Gasteiger partial charge in [-0.05, 0) is 30.7 Å². The molecule has 0 radical (unpaired) electrons. The molecule has 3 aromatic rings. The lowest BCUT2D eigenvalue weighted by molar-refractivity contribution is 0.228. The third kappa shape index (κ3) is 3.46. The van der Waals surface area contributed by atoms with Gasteiger partial charge in [-0.25, -0.2) is 9.97 Å². The molecule has 1 atom stereocenters. The van der Waals surface area contributed by atoms with Crippen molar-refractivity contribution in [3.63, 3.8) is 0 Å². The number of hydrogen-bond acceptors (Lipinski definition) is 5. The summed E-state index contributed by atoms with van der Waals surface area (Å²) < 4.78 is 6.02. The predicted octanol–water partition coefficient (Wildman–Crippen LogP) is 3.91. The molecule has 3 rings (SSSR count).